The van der Waals surface area contributed by atoms with Crippen LogP contribution in [-0.4, -0.2) is 41.5 Å². The first kappa shape index (κ1) is 19.4. The summed E-state index contributed by atoms with van der Waals surface area (Å²) in [6, 6.07) is 7.73. The van der Waals surface area contributed by atoms with Crippen molar-refractivity contribution >= 4 is 5.91 Å². The topological polar surface area (TPSA) is 68.2 Å². The highest BCUT2D eigenvalue weighted by Crippen LogP contribution is 2.28. The Bertz CT molecular complexity index is 781. The monoisotopic (exact) mass is 382 g/mol. The summed E-state index contributed by atoms with van der Waals surface area (Å²) in [5, 5.41) is 9.61. The second-order valence-corrected chi connectivity index (χ2v) is 6.44. The van der Waals surface area contributed by atoms with Gasteiger partial charge in [-0.05, 0) is 49.7 Å². The van der Waals surface area contributed by atoms with Gasteiger partial charge < -0.3 is 15.4 Å². The number of benzene rings is 1. The predicted octanol–water partition coefficient (Wildman–Crippen LogP) is 2.28. The third kappa shape index (κ3) is 4.30. The van der Waals surface area contributed by atoms with Crippen molar-refractivity contribution in [1.29, 1.82) is 0 Å². The van der Waals surface area contributed by atoms with Gasteiger partial charge in [0.25, 0.3) is 5.91 Å². The largest absolute Gasteiger partial charge is 0.435 e. The summed E-state index contributed by atoms with van der Waals surface area (Å²) >= 11 is 0. The van der Waals surface area contributed by atoms with E-state index in [0.717, 1.165) is 24.7 Å². The van der Waals surface area contributed by atoms with E-state index < -0.39 is 17.5 Å². The van der Waals surface area contributed by atoms with E-state index >= 15 is 0 Å². The predicted molar refractivity (Wildman–Crippen MR) is 92.3 cm³/mol. The molecule has 0 spiro atoms. The SMILES string of the molecule is COC1(C(=O)NCc2ccc(-n3ccc(C(F)(F)F)n3)cc2)CCNCC1. The lowest BCUT2D eigenvalue weighted by molar-refractivity contribution is -0.146. The fourth-order valence-electron chi connectivity index (χ4n) is 3.08. The maximum Gasteiger partial charge on any atom is 0.435 e. The molecule has 0 radical (unpaired) electrons. The highest BCUT2D eigenvalue weighted by atomic mass is 19.4. The first-order valence-electron chi connectivity index (χ1n) is 8.60. The summed E-state index contributed by atoms with van der Waals surface area (Å²) in [4.78, 5) is 12.5. The fourth-order valence-corrected chi connectivity index (χ4v) is 3.08. The van der Waals surface area contributed by atoms with Crippen LogP contribution in [0, 0.1) is 0 Å². The molecule has 2 N–H and O–H groups in total. The summed E-state index contributed by atoms with van der Waals surface area (Å²) in [5.41, 5.74) is -0.415. The number of amides is 1. The molecule has 1 aromatic carbocycles. The van der Waals surface area contributed by atoms with E-state index in [-0.39, 0.29) is 5.91 Å². The number of carbonyl (C=O) groups is 1. The maximum absolute atomic E-state index is 12.6. The van der Waals surface area contributed by atoms with Gasteiger partial charge in [-0.3, -0.25) is 4.79 Å². The zero-order valence-electron chi connectivity index (χ0n) is 14.8. The maximum atomic E-state index is 12.6. The molecule has 0 unspecified atom stereocenters. The molecule has 146 valence electrons. The van der Waals surface area contributed by atoms with Crippen LogP contribution in [0.25, 0.3) is 5.69 Å². The lowest BCUT2D eigenvalue weighted by Gasteiger charge is -2.34. The number of aromatic nitrogens is 2. The van der Waals surface area contributed by atoms with Gasteiger partial charge in [-0.1, -0.05) is 12.1 Å². The van der Waals surface area contributed by atoms with Gasteiger partial charge in [0.2, 0.25) is 0 Å². The summed E-state index contributed by atoms with van der Waals surface area (Å²) < 4.78 is 44.6. The number of rotatable bonds is 5. The molecule has 2 aromatic rings. The van der Waals surface area contributed by atoms with Crippen LogP contribution in [0.15, 0.2) is 36.5 Å². The zero-order valence-corrected chi connectivity index (χ0v) is 14.8. The van der Waals surface area contributed by atoms with Gasteiger partial charge in [-0.15, -0.1) is 0 Å². The van der Waals surface area contributed by atoms with E-state index in [4.69, 9.17) is 4.74 Å². The molecule has 9 heteroatoms. The van der Waals surface area contributed by atoms with Crippen LogP contribution in [0.1, 0.15) is 24.1 Å². The molecule has 0 aliphatic carbocycles. The van der Waals surface area contributed by atoms with Crippen LogP contribution in [0.3, 0.4) is 0 Å². The number of nitrogens with zero attached hydrogens (tertiary/aromatic N) is 2. The van der Waals surface area contributed by atoms with E-state index in [1.807, 2.05) is 0 Å². The molecule has 1 aromatic heterocycles. The summed E-state index contributed by atoms with van der Waals surface area (Å²) in [5.74, 6) is -0.155. The number of nitrogens with one attached hydrogen (secondary N) is 2. The molecule has 1 amide bonds. The Kier molecular flexibility index (Phi) is 5.52. The molecule has 1 fully saturated rings. The molecule has 3 rings (SSSR count). The zero-order chi connectivity index (χ0) is 19.5. The number of piperidine rings is 1. The van der Waals surface area contributed by atoms with Crippen molar-refractivity contribution in [2.45, 2.75) is 31.2 Å². The molecule has 1 aliphatic rings. The van der Waals surface area contributed by atoms with Gasteiger partial charge in [0.05, 0.1) is 5.69 Å². The van der Waals surface area contributed by atoms with Crippen LogP contribution in [0.2, 0.25) is 0 Å². The Labute approximate surface area is 154 Å². The minimum absolute atomic E-state index is 0.155. The minimum atomic E-state index is -4.47. The fraction of sp³-hybridized carbons (Fsp3) is 0.444. The number of alkyl halides is 3. The van der Waals surface area contributed by atoms with Crippen molar-refractivity contribution in [3.05, 3.63) is 47.8 Å². The molecule has 0 bridgehead atoms. The van der Waals surface area contributed by atoms with Crippen molar-refractivity contribution in [1.82, 2.24) is 20.4 Å². The first-order chi connectivity index (χ1) is 12.8. The molecule has 6 nitrogen and oxygen atoms in total. The van der Waals surface area contributed by atoms with Crippen molar-refractivity contribution in [3.63, 3.8) is 0 Å². The molecule has 0 saturated carbocycles. The van der Waals surface area contributed by atoms with Crippen LogP contribution >= 0.6 is 0 Å². The van der Waals surface area contributed by atoms with E-state index in [1.54, 1.807) is 31.4 Å². The van der Waals surface area contributed by atoms with E-state index in [1.165, 1.54) is 10.9 Å². The van der Waals surface area contributed by atoms with Crippen molar-refractivity contribution < 1.29 is 22.7 Å². The van der Waals surface area contributed by atoms with Gasteiger partial charge in [0.15, 0.2) is 5.69 Å². The lowest BCUT2D eigenvalue weighted by atomic mass is 9.91. The standard InChI is InChI=1S/C18H21F3N4O2/c1-27-17(7-9-22-10-8-17)16(26)23-12-13-2-4-14(5-3-13)25-11-6-15(24-25)18(19,20)21/h2-6,11,22H,7-10,12H2,1H3,(H,23,26). The molecular formula is C18H21F3N4O2. The Morgan fingerprint density at radius 3 is 2.48 bits per heavy atom. The van der Waals surface area contributed by atoms with Crippen molar-refractivity contribution in [2.24, 2.45) is 0 Å². The van der Waals surface area contributed by atoms with Gasteiger partial charge in [0.1, 0.15) is 5.60 Å². The van der Waals surface area contributed by atoms with Gasteiger partial charge in [-0.25, -0.2) is 4.68 Å². The molecule has 0 atom stereocenters. The number of hydrogen-bond donors (Lipinski definition) is 2. The lowest BCUT2D eigenvalue weighted by Crippen LogP contribution is -2.53. The van der Waals surface area contributed by atoms with Gasteiger partial charge >= 0.3 is 6.18 Å². The smallest absolute Gasteiger partial charge is 0.368 e. The second kappa shape index (κ2) is 7.69. The summed E-state index contributed by atoms with van der Waals surface area (Å²) in [7, 11) is 1.54. The quantitative estimate of drug-likeness (QED) is 0.833. The number of methoxy groups -OCH3 is 1. The highest BCUT2D eigenvalue weighted by Gasteiger charge is 2.39. The normalized spacial score (nSPS) is 16.9. The molecular weight excluding hydrogens is 361 g/mol. The second-order valence-electron chi connectivity index (χ2n) is 6.44. The van der Waals surface area contributed by atoms with E-state index in [0.29, 0.717) is 25.1 Å². The van der Waals surface area contributed by atoms with Gasteiger partial charge in [-0.2, -0.15) is 18.3 Å². The van der Waals surface area contributed by atoms with E-state index in [9.17, 15) is 18.0 Å². The number of hydrogen-bond acceptors (Lipinski definition) is 4. The molecule has 1 aliphatic heterocycles. The Balaban J connectivity index is 1.62. The number of halogens is 3. The Morgan fingerprint density at radius 1 is 1.26 bits per heavy atom. The van der Waals surface area contributed by atoms with Crippen LogP contribution in [0.5, 0.6) is 0 Å². The first-order valence-corrected chi connectivity index (χ1v) is 8.60. The minimum Gasteiger partial charge on any atom is -0.368 e. The molecule has 1 saturated heterocycles. The third-order valence-corrected chi connectivity index (χ3v) is 4.75. The van der Waals surface area contributed by atoms with E-state index in [2.05, 4.69) is 15.7 Å². The number of carbonyl (C=O) groups excluding carboxylic acids is 1. The number of ether oxygens (including phenoxy) is 1. The average molecular weight is 382 g/mol. The van der Waals surface area contributed by atoms with Crippen LogP contribution < -0.4 is 10.6 Å². The molecule has 27 heavy (non-hydrogen) atoms. The van der Waals surface area contributed by atoms with Crippen molar-refractivity contribution in [2.75, 3.05) is 20.2 Å². The highest BCUT2D eigenvalue weighted by molar-refractivity contribution is 5.85. The van der Waals surface area contributed by atoms with Crippen LogP contribution in [0.4, 0.5) is 13.2 Å². The summed E-state index contributed by atoms with van der Waals surface area (Å²) in [6.45, 7) is 1.75. The van der Waals surface area contributed by atoms with Crippen LogP contribution in [-0.2, 0) is 22.3 Å². The van der Waals surface area contributed by atoms with Crippen molar-refractivity contribution in [3.8, 4) is 5.69 Å². The third-order valence-electron chi connectivity index (χ3n) is 4.75. The summed E-state index contributed by atoms with van der Waals surface area (Å²) in [6.07, 6.45) is -2.00. The Morgan fingerprint density at radius 2 is 1.93 bits per heavy atom. The Hall–Kier alpha value is -2.39. The molecule has 2 heterocycles. The van der Waals surface area contributed by atoms with Gasteiger partial charge in [0, 0.05) is 19.9 Å². The average Bonchev–Trinajstić information content (AvgIpc) is 3.18.